The molecule has 1 aromatic carbocycles. The highest BCUT2D eigenvalue weighted by atomic mass is 15.2. The topological polar surface area (TPSA) is 3.24 Å². The molecule has 0 aromatic heterocycles. The third-order valence-electron chi connectivity index (χ3n) is 4.65. The van der Waals surface area contributed by atoms with Crippen LogP contribution in [0.1, 0.15) is 45.1 Å². The van der Waals surface area contributed by atoms with E-state index in [-0.39, 0.29) is 0 Å². The van der Waals surface area contributed by atoms with Crippen LogP contribution in [0.2, 0.25) is 0 Å². The van der Waals surface area contributed by atoms with Crippen LogP contribution in [0.15, 0.2) is 55.1 Å². The van der Waals surface area contributed by atoms with Gasteiger partial charge in [-0.15, -0.1) is 6.58 Å². The summed E-state index contributed by atoms with van der Waals surface area (Å²) in [5, 5.41) is 0. The molecular formula is C20H29N. The van der Waals surface area contributed by atoms with Crippen LogP contribution in [0.4, 0.5) is 0 Å². The van der Waals surface area contributed by atoms with E-state index < -0.39 is 0 Å². The standard InChI is InChI=1S/C20H29N/c1-4-6-13-20-15-14-19(10-5-2)17(3)21(20)16-18-11-8-7-9-12-18/h5,7-9,11-12,14-15,17,19-20H,2,4,6,10,13,16H2,1,3H3/t17-,19+,20+/m0/s1. The fourth-order valence-electron chi connectivity index (χ4n) is 3.29. The van der Waals surface area contributed by atoms with Crippen LogP contribution in [0.25, 0.3) is 0 Å². The number of hydrogen-bond acceptors (Lipinski definition) is 1. The molecule has 0 radical (unpaired) electrons. The van der Waals surface area contributed by atoms with Crippen molar-refractivity contribution in [3.63, 3.8) is 0 Å². The lowest BCUT2D eigenvalue weighted by molar-refractivity contribution is 0.111. The van der Waals surface area contributed by atoms with Gasteiger partial charge in [-0.3, -0.25) is 4.90 Å². The Morgan fingerprint density at radius 1 is 1.19 bits per heavy atom. The second kappa shape index (κ2) is 8.19. The largest absolute Gasteiger partial charge is 0.289 e. The molecule has 0 amide bonds. The van der Waals surface area contributed by atoms with Gasteiger partial charge < -0.3 is 0 Å². The van der Waals surface area contributed by atoms with Gasteiger partial charge in [0, 0.05) is 18.6 Å². The maximum Gasteiger partial charge on any atom is 0.0284 e. The molecular weight excluding hydrogens is 254 g/mol. The van der Waals surface area contributed by atoms with Crippen molar-refractivity contribution < 1.29 is 0 Å². The summed E-state index contributed by atoms with van der Waals surface area (Å²) in [6, 6.07) is 12.0. The van der Waals surface area contributed by atoms with Crippen LogP contribution >= 0.6 is 0 Å². The van der Waals surface area contributed by atoms with Gasteiger partial charge in [-0.05, 0) is 31.2 Å². The summed E-state index contributed by atoms with van der Waals surface area (Å²) in [7, 11) is 0. The molecule has 1 heteroatoms. The molecule has 0 bridgehead atoms. The van der Waals surface area contributed by atoms with Crippen molar-refractivity contribution in [2.75, 3.05) is 0 Å². The van der Waals surface area contributed by atoms with Gasteiger partial charge in [0.05, 0.1) is 0 Å². The van der Waals surface area contributed by atoms with Gasteiger partial charge in [-0.1, -0.05) is 68.3 Å². The molecule has 3 atom stereocenters. The third kappa shape index (κ3) is 4.31. The van der Waals surface area contributed by atoms with Gasteiger partial charge in [0.1, 0.15) is 0 Å². The minimum atomic E-state index is 0.579. The zero-order valence-electron chi connectivity index (χ0n) is 13.5. The highest BCUT2D eigenvalue weighted by molar-refractivity contribution is 5.17. The molecule has 21 heavy (non-hydrogen) atoms. The summed E-state index contributed by atoms with van der Waals surface area (Å²) in [6.07, 6.45) is 11.8. The van der Waals surface area contributed by atoms with E-state index in [1.807, 2.05) is 0 Å². The number of hydrogen-bond donors (Lipinski definition) is 0. The quantitative estimate of drug-likeness (QED) is 0.622. The molecule has 1 heterocycles. The second-order valence-electron chi connectivity index (χ2n) is 6.18. The highest BCUT2D eigenvalue weighted by Crippen LogP contribution is 2.29. The Kier molecular flexibility index (Phi) is 6.25. The predicted octanol–water partition coefficient (Wildman–Crippen LogP) is 5.20. The van der Waals surface area contributed by atoms with Crippen LogP contribution in [-0.4, -0.2) is 17.0 Å². The first-order chi connectivity index (χ1) is 10.3. The lowest BCUT2D eigenvalue weighted by Crippen LogP contribution is -2.46. The maximum absolute atomic E-state index is 3.91. The fourth-order valence-corrected chi connectivity index (χ4v) is 3.29. The average molecular weight is 283 g/mol. The minimum absolute atomic E-state index is 0.579. The first-order valence-corrected chi connectivity index (χ1v) is 8.35. The van der Waals surface area contributed by atoms with Gasteiger partial charge in [-0.25, -0.2) is 0 Å². The summed E-state index contributed by atoms with van der Waals surface area (Å²) >= 11 is 0. The molecule has 1 aromatic rings. The van der Waals surface area contributed by atoms with E-state index in [0.717, 1.165) is 13.0 Å². The summed E-state index contributed by atoms with van der Waals surface area (Å²) in [5.41, 5.74) is 1.42. The second-order valence-corrected chi connectivity index (χ2v) is 6.18. The Morgan fingerprint density at radius 3 is 2.62 bits per heavy atom. The molecule has 0 saturated heterocycles. The van der Waals surface area contributed by atoms with Crippen LogP contribution in [0.3, 0.4) is 0 Å². The Morgan fingerprint density at radius 2 is 1.95 bits per heavy atom. The van der Waals surface area contributed by atoms with Gasteiger partial charge in [0.25, 0.3) is 0 Å². The normalized spacial score (nSPS) is 25.9. The summed E-state index contributed by atoms with van der Waals surface area (Å²) in [4.78, 5) is 2.68. The number of unbranched alkanes of at least 4 members (excludes halogenated alkanes) is 1. The van der Waals surface area contributed by atoms with Gasteiger partial charge in [0.15, 0.2) is 0 Å². The molecule has 0 spiro atoms. The van der Waals surface area contributed by atoms with E-state index in [4.69, 9.17) is 0 Å². The Bertz CT molecular complexity index is 448. The van der Waals surface area contributed by atoms with E-state index in [0.29, 0.717) is 18.0 Å². The number of benzene rings is 1. The van der Waals surface area contributed by atoms with Crippen molar-refractivity contribution in [2.24, 2.45) is 5.92 Å². The van der Waals surface area contributed by atoms with Gasteiger partial charge in [0.2, 0.25) is 0 Å². The predicted molar refractivity (Wildman–Crippen MR) is 92.2 cm³/mol. The van der Waals surface area contributed by atoms with Crippen molar-refractivity contribution in [1.29, 1.82) is 0 Å². The maximum atomic E-state index is 3.91. The molecule has 2 rings (SSSR count). The first kappa shape index (κ1) is 16.0. The lowest BCUT2D eigenvalue weighted by atomic mass is 9.88. The summed E-state index contributed by atoms with van der Waals surface area (Å²) in [6.45, 7) is 9.61. The van der Waals surface area contributed by atoms with Crippen LogP contribution in [0, 0.1) is 5.92 Å². The average Bonchev–Trinajstić information content (AvgIpc) is 2.51. The third-order valence-corrected chi connectivity index (χ3v) is 4.65. The van der Waals surface area contributed by atoms with Crippen LogP contribution in [0.5, 0.6) is 0 Å². The Balaban J connectivity index is 2.14. The molecule has 0 N–H and O–H groups in total. The van der Waals surface area contributed by atoms with Crippen molar-refractivity contribution in [3.05, 3.63) is 60.7 Å². The highest BCUT2D eigenvalue weighted by Gasteiger charge is 2.29. The minimum Gasteiger partial charge on any atom is -0.289 e. The van der Waals surface area contributed by atoms with Crippen molar-refractivity contribution in [3.8, 4) is 0 Å². The zero-order valence-corrected chi connectivity index (χ0v) is 13.5. The monoisotopic (exact) mass is 283 g/mol. The van der Waals surface area contributed by atoms with Gasteiger partial charge >= 0.3 is 0 Å². The molecule has 114 valence electrons. The van der Waals surface area contributed by atoms with E-state index in [1.165, 1.54) is 24.8 Å². The molecule has 1 nitrogen and oxygen atoms in total. The van der Waals surface area contributed by atoms with E-state index in [1.54, 1.807) is 0 Å². The van der Waals surface area contributed by atoms with E-state index in [9.17, 15) is 0 Å². The van der Waals surface area contributed by atoms with Crippen molar-refractivity contribution in [1.82, 2.24) is 4.90 Å². The molecule has 0 fully saturated rings. The number of rotatable bonds is 7. The van der Waals surface area contributed by atoms with Crippen molar-refractivity contribution >= 4 is 0 Å². The molecule has 1 aliphatic heterocycles. The van der Waals surface area contributed by atoms with Crippen LogP contribution < -0.4 is 0 Å². The lowest BCUT2D eigenvalue weighted by Gasteiger charge is -2.42. The molecule has 1 aliphatic rings. The summed E-state index contributed by atoms with van der Waals surface area (Å²) < 4.78 is 0. The fraction of sp³-hybridized carbons (Fsp3) is 0.500. The number of allylic oxidation sites excluding steroid dienone is 1. The Hall–Kier alpha value is -1.34. The Labute approximate surface area is 130 Å². The van der Waals surface area contributed by atoms with E-state index in [2.05, 4.69) is 73.9 Å². The van der Waals surface area contributed by atoms with E-state index >= 15 is 0 Å². The number of nitrogens with zero attached hydrogens (tertiary/aromatic N) is 1. The van der Waals surface area contributed by atoms with Crippen molar-refractivity contribution in [2.45, 2.75) is 58.2 Å². The summed E-state index contributed by atoms with van der Waals surface area (Å²) in [5.74, 6) is 0.601. The van der Waals surface area contributed by atoms with Crippen LogP contribution in [-0.2, 0) is 6.54 Å². The molecule has 0 unspecified atom stereocenters. The zero-order chi connectivity index (χ0) is 15.1. The SMILES string of the molecule is C=CC[C@@H]1C=C[C@@H](CCCC)N(Cc2ccccc2)[C@H]1C. The first-order valence-electron chi connectivity index (χ1n) is 8.35. The van der Waals surface area contributed by atoms with Gasteiger partial charge in [-0.2, -0.15) is 0 Å². The molecule has 0 saturated carbocycles. The smallest absolute Gasteiger partial charge is 0.0284 e. The molecule has 0 aliphatic carbocycles.